The molecule has 2 aromatic heterocycles. The van der Waals surface area contributed by atoms with E-state index >= 15 is 0 Å². The van der Waals surface area contributed by atoms with Crippen molar-refractivity contribution in [3.63, 3.8) is 0 Å². The molecule has 0 atom stereocenters. The number of aromatic amines is 1. The number of hydrogen-bond donors (Lipinski definition) is 2. The molecule has 2 heterocycles. The number of H-pyrrole nitrogens is 1. The van der Waals surface area contributed by atoms with Crippen molar-refractivity contribution in [1.29, 1.82) is 0 Å². The highest BCUT2D eigenvalue weighted by atomic mass is 79.9. The van der Waals surface area contributed by atoms with Gasteiger partial charge in [-0.2, -0.15) is 4.98 Å². The lowest BCUT2D eigenvalue weighted by atomic mass is 10.2. The van der Waals surface area contributed by atoms with Gasteiger partial charge in [0.2, 0.25) is 5.89 Å². The Labute approximate surface area is 136 Å². The van der Waals surface area contributed by atoms with E-state index in [1.165, 1.54) is 0 Å². The van der Waals surface area contributed by atoms with Crippen LogP contribution in [0.5, 0.6) is 0 Å². The van der Waals surface area contributed by atoms with Crippen LogP contribution in [0.25, 0.3) is 11.3 Å². The van der Waals surface area contributed by atoms with Crippen LogP contribution in [-0.2, 0) is 13.0 Å². The molecule has 2 N–H and O–H groups in total. The Balaban J connectivity index is 1.51. The lowest BCUT2D eigenvalue weighted by Gasteiger charge is -2.00. The van der Waals surface area contributed by atoms with Crippen LogP contribution in [0.15, 0.2) is 39.5 Å². The van der Waals surface area contributed by atoms with Gasteiger partial charge in [0, 0.05) is 23.0 Å². The van der Waals surface area contributed by atoms with Crippen LogP contribution in [0, 0.1) is 6.92 Å². The summed E-state index contributed by atoms with van der Waals surface area (Å²) in [7, 11) is 0. The third-order valence-electron chi connectivity index (χ3n) is 3.14. The van der Waals surface area contributed by atoms with Crippen molar-refractivity contribution < 1.29 is 4.52 Å². The van der Waals surface area contributed by atoms with Crippen LogP contribution in [-0.4, -0.2) is 26.7 Å². The van der Waals surface area contributed by atoms with Crippen LogP contribution in [0.3, 0.4) is 0 Å². The first-order valence-electron chi connectivity index (χ1n) is 7.00. The normalized spacial score (nSPS) is 11.0. The van der Waals surface area contributed by atoms with Crippen LogP contribution < -0.4 is 5.32 Å². The summed E-state index contributed by atoms with van der Waals surface area (Å²) in [6.07, 6.45) is 2.56. The molecule has 0 radical (unpaired) electrons. The fourth-order valence-corrected chi connectivity index (χ4v) is 2.50. The second-order valence-electron chi connectivity index (χ2n) is 4.92. The van der Waals surface area contributed by atoms with E-state index < -0.39 is 0 Å². The minimum atomic E-state index is 0.652. The Bertz CT molecular complexity index is 752. The van der Waals surface area contributed by atoms with Crippen LogP contribution in [0.4, 0.5) is 0 Å². The van der Waals surface area contributed by atoms with Gasteiger partial charge < -0.3 is 14.8 Å². The minimum Gasteiger partial charge on any atom is -0.341 e. The summed E-state index contributed by atoms with van der Waals surface area (Å²) in [6, 6.07) is 8.11. The minimum absolute atomic E-state index is 0.652. The van der Waals surface area contributed by atoms with E-state index in [2.05, 4.69) is 47.4 Å². The highest BCUT2D eigenvalue weighted by Crippen LogP contribution is 2.21. The summed E-state index contributed by atoms with van der Waals surface area (Å²) in [6.45, 7) is 3.24. The number of aromatic nitrogens is 4. The zero-order valence-electron chi connectivity index (χ0n) is 12.1. The third-order valence-corrected chi connectivity index (χ3v) is 3.64. The van der Waals surface area contributed by atoms with E-state index in [1.807, 2.05) is 31.3 Å². The molecule has 114 valence electrons. The second-order valence-corrected chi connectivity index (χ2v) is 5.83. The zero-order valence-corrected chi connectivity index (χ0v) is 13.7. The Hall–Kier alpha value is -1.99. The molecule has 0 amide bonds. The van der Waals surface area contributed by atoms with Crippen molar-refractivity contribution in [1.82, 2.24) is 25.4 Å². The maximum absolute atomic E-state index is 5.06. The molecule has 0 aliphatic carbocycles. The molecule has 7 heteroatoms. The molecule has 0 fully saturated rings. The summed E-state index contributed by atoms with van der Waals surface area (Å²) in [4.78, 5) is 11.9. The van der Waals surface area contributed by atoms with E-state index in [4.69, 9.17) is 4.52 Å². The Morgan fingerprint density at radius 2 is 2.27 bits per heavy atom. The number of rotatable bonds is 6. The quantitative estimate of drug-likeness (QED) is 0.660. The van der Waals surface area contributed by atoms with Crippen LogP contribution >= 0.6 is 15.9 Å². The van der Waals surface area contributed by atoms with Crippen molar-refractivity contribution >= 4 is 15.9 Å². The zero-order chi connectivity index (χ0) is 15.4. The predicted octanol–water partition coefficient (Wildman–Crippen LogP) is 2.86. The van der Waals surface area contributed by atoms with Gasteiger partial charge in [-0.25, -0.2) is 4.98 Å². The number of nitrogens with zero attached hydrogens (tertiary/aromatic N) is 3. The SMILES string of the molecule is Cc1noc(CCNCc2ncc(-c3cccc(Br)c3)[nH]2)n1. The highest BCUT2D eigenvalue weighted by Gasteiger charge is 2.05. The molecule has 0 saturated heterocycles. The molecule has 0 saturated carbocycles. The molecule has 3 rings (SSSR count). The summed E-state index contributed by atoms with van der Waals surface area (Å²) in [5, 5.41) is 7.07. The molecule has 22 heavy (non-hydrogen) atoms. The van der Waals surface area contributed by atoms with E-state index in [-0.39, 0.29) is 0 Å². The van der Waals surface area contributed by atoms with E-state index in [0.29, 0.717) is 24.7 Å². The monoisotopic (exact) mass is 361 g/mol. The molecule has 0 aliphatic rings. The van der Waals surface area contributed by atoms with E-state index in [0.717, 1.165) is 28.1 Å². The standard InChI is InChI=1S/C15H16BrN5O/c1-10-19-15(22-21-10)5-6-17-9-14-18-8-13(20-14)11-3-2-4-12(16)7-11/h2-4,7-8,17H,5-6,9H2,1H3,(H,18,20). The van der Waals surface area contributed by atoms with Crippen LogP contribution in [0.2, 0.25) is 0 Å². The number of benzene rings is 1. The molecule has 0 aliphatic heterocycles. The van der Waals surface area contributed by atoms with Gasteiger partial charge in [-0.15, -0.1) is 0 Å². The third kappa shape index (κ3) is 3.80. The van der Waals surface area contributed by atoms with E-state index in [9.17, 15) is 0 Å². The molecular weight excluding hydrogens is 346 g/mol. The first-order valence-corrected chi connectivity index (χ1v) is 7.80. The molecule has 3 aromatic rings. The smallest absolute Gasteiger partial charge is 0.227 e. The lowest BCUT2D eigenvalue weighted by molar-refractivity contribution is 0.372. The summed E-state index contributed by atoms with van der Waals surface area (Å²) in [5.41, 5.74) is 2.11. The van der Waals surface area contributed by atoms with Gasteiger partial charge in [-0.1, -0.05) is 33.2 Å². The van der Waals surface area contributed by atoms with Gasteiger partial charge in [-0.3, -0.25) is 0 Å². The predicted molar refractivity (Wildman–Crippen MR) is 86.2 cm³/mol. The van der Waals surface area contributed by atoms with Crippen molar-refractivity contribution in [3.05, 3.63) is 52.5 Å². The Morgan fingerprint density at radius 1 is 1.36 bits per heavy atom. The second kappa shape index (κ2) is 6.85. The van der Waals surface area contributed by atoms with Gasteiger partial charge in [-0.05, 0) is 19.1 Å². The number of imidazole rings is 1. The fourth-order valence-electron chi connectivity index (χ4n) is 2.10. The van der Waals surface area contributed by atoms with Crippen LogP contribution in [0.1, 0.15) is 17.5 Å². The van der Waals surface area contributed by atoms with E-state index in [1.54, 1.807) is 0 Å². The average molecular weight is 362 g/mol. The first kappa shape index (κ1) is 14.9. The summed E-state index contributed by atoms with van der Waals surface area (Å²) >= 11 is 3.47. The van der Waals surface area contributed by atoms with Gasteiger partial charge in [0.25, 0.3) is 0 Å². The van der Waals surface area contributed by atoms with Crippen molar-refractivity contribution in [2.24, 2.45) is 0 Å². The Kier molecular flexibility index (Phi) is 4.65. The summed E-state index contributed by atoms with van der Waals surface area (Å²) < 4.78 is 6.11. The number of halogens is 1. The molecular formula is C15H16BrN5O. The number of hydrogen-bond acceptors (Lipinski definition) is 5. The van der Waals surface area contributed by atoms with Crippen molar-refractivity contribution in [2.45, 2.75) is 19.9 Å². The molecule has 1 aromatic carbocycles. The summed E-state index contributed by atoms with van der Waals surface area (Å²) in [5.74, 6) is 2.22. The average Bonchev–Trinajstić information content (AvgIpc) is 3.13. The van der Waals surface area contributed by atoms with Gasteiger partial charge in [0.1, 0.15) is 5.82 Å². The number of nitrogens with one attached hydrogen (secondary N) is 2. The lowest BCUT2D eigenvalue weighted by Crippen LogP contribution is -2.17. The van der Waals surface area contributed by atoms with Gasteiger partial charge in [0.15, 0.2) is 5.82 Å². The topological polar surface area (TPSA) is 79.6 Å². The van der Waals surface area contributed by atoms with Gasteiger partial charge in [0.05, 0.1) is 18.4 Å². The molecule has 6 nitrogen and oxygen atoms in total. The number of aryl methyl sites for hydroxylation is 1. The van der Waals surface area contributed by atoms with Gasteiger partial charge >= 0.3 is 0 Å². The maximum atomic E-state index is 5.06. The molecule has 0 spiro atoms. The Morgan fingerprint density at radius 3 is 3.05 bits per heavy atom. The van der Waals surface area contributed by atoms with Crippen molar-refractivity contribution in [3.8, 4) is 11.3 Å². The molecule has 0 unspecified atom stereocenters. The highest BCUT2D eigenvalue weighted by molar-refractivity contribution is 9.10. The largest absolute Gasteiger partial charge is 0.341 e. The fraction of sp³-hybridized carbons (Fsp3) is 0.267. The first-order chi connectivity index (χ1) is 10.7. The molecule has 0 bridgehead atoms. The van der Waals surface area contributed by atoms with Crippen molar-refractivity contribution in [2.75, 3.05) is 6.54 Å². The maximum Gasteiger partial charge on any atom is 0.227 e.